The number of nitrogens with one attached hydrogen (secondary N) is 2. The second kappa shape index (κ2) is 7.16. The minimum Gasteiger partial charge on any atom is -0.491 e. The number of hydrogen-bond donors (Lipinski definition) is 2. The molecule has 2 heterocycles. The smallest absolute Gasteiger partial charge is 0.256 e. The van der Waals surface area contributed by atoms with E-state index in [0.29, 0.717) is 29.2 Å². The van der Waals surface area contributed by atoms with Crippen LogP contribution in [-0.2, 0) is 10.3 Å². The van der Waals surface area contributed by atoms with Crippen LogP contribution in [0.2, 0.25) is 10.0 Å². The number of benzene rings is 2. The first-order valence-electron chi connectivity index (χ1n) is 9.25. The monoisotopic (exact) mass is 435 g/mol. The molecule has 2 aliphatic heterocycles. The van der Waals surface area contributed by atoms with Crippen molar-refractivity contribution in [2.75, 3.05) is 11.9 Å². The van der Waals surface area contributed by atoms with Gasteiger partial charge in [0.2, 0.25) is 0 Å². The van der Waals surface area contributed by atoms with E-state index in [2.05, 4.69) is 10.6 Å². The average Bonchev–Trinajstić information content (AvgIpc) is 3.13. The standard InChI is InChI=1S/C20H19Cl2N3O4/c1-3-29-17-13(21)8-11(9-14(17)22)16-10(2)24-20(18(16)25(27)28)12-6-4-5-7-15(12)23-19(20)26/h4-10,16,18,24H,3H2,1-2H3,(H,23,26)/t10-,16-,18-,20+/m0/s1. The van der Waals surface area contributed by atoms with E-state index in [-0.39, 0.29) is 21.0 Å². The molecule has 0 bridgehead atoms. The third kappa shape index (κ3) is 2.87. The minimum atomic E-state index is -1.47. The van der Waals surface area contributed by atoms with Gasteiger partial charge in [0, 0.05) is 22.2 Å². The molecule has 1 fully saturated rings. The Balaban J connectivity index is 1.87. The van der Waals surface area contributed by atoms with Gasteiger partial charge in [-0.3, -0.25) is 20.2 Å². The molecule has 0 aliphatic carbocycles. The van der Waals surface area contributed by atoms with Gasteiger partial charge in [0.25, 0.3) is 11.9 Å². The summed E-state index contributed by atoms with van der Waals surface area (Å²) >= 11 is 12.7. The minimum absolute atomic E-state index is 0.279. The summed E-state index contributed by atoms with van der Waals surface area (Å²) in [4.78, 5) is 24.9. The number of hydrogen-bond acceptors (Lipinski definition) is 5. The number of para-hydroxylation sites is 1. The van der Waals surface area contributed by atoms with Crippen LogP contribution in [0.1, 0.15) is 30.9 Å². The van der Waals surface area contributed by atoms with Crippen LogP contribution in [0.4, 0.5) is 5.69 Å². The van der Waals surface area contributed by atoms with Gasteiger partial charge in [-0.05, 0) is 37.6 Å². The van der Waals surface area contributed by atoms with Gasteiger partial charge in [0.05, 0.1) is 22.6 Å². The quantitative estimate of drug-likeness (QED) is 0.559. The van der Waals surface area contributed by atoms with Crippen molar-refractivity contribution in [3.05, 3.63) is 67.7 Å². The summed E-state index contributed by atoms with van der Waals surface area (Å²) in [5, 5.41) is 18.8. The van der Waals surface area contributed by atoms with Crippen LogP contribution in [0.5, 0.6) is 5.75 Å². The summed E-state index contributed by atoms with van der Waals surface area (Å²) < 4.78 is 5.47. The molecule has 9 heteroatoms. The lowest BCUT2D eigenvalue weighted by atomic mass is 9.78. The zero-order valence-corrected chi connectivity index (χ0v) is 17.3. The Labute approximate surface area is 177 Å². The molecule has 2 N–H and O–H groups in total. The van der Waals surface area contributed by atoms with Gasteiger partial charge in [-0.2, -0.15) is 0 Å². The number of ether oxygens (including phenoxy) is 1. The fourth-order valence-electron chi connectivity index (χ4n) is 4.61. The lowest BCUT2D eigenvalue weighted by Crippen LogP contribution is -2.54. The molecule has 1 saturated heterocycles. The number of carbonyl (C=O) groups excluding carboxylic acids is 1. The summed E-state index contributed by atoms with van der Waals surface area (Å²) in [6.07, 6.45) is 0. The Bertz CT molecular complexity index is 992. The first kappa shape index (κ1) is 19.9. The normalized spacial score (nSPS) is 27.7. The maximum Gasteiger partial charge on any atom is 0.256 e. The second-order valence-corrected chi connectivity index (χ2v) is 8.06. The highest BCUT2D eigenvalue weighted by atomic mass is 35.5. The number of fused-ring (bicyclic) bond motifs is 2. The zero-order valence-electron chi connectivity index (χ0n) is 15.7. The van der Waals surface area contributed by atoms with E-state index >= 15 is 0 Å². The van der Waals surface area contributed by atoms with Gasteiger partial charge in [0.1, 0.15) is 0 Å². The van der Waals surface area contributed by atoms with Gasteiger partial charge < -0.3 is 10.1 Å². The molecular weight excluding hydrogens is 417 g/mol. The van der Waals surface area contributed by atoms with Gasteiger partial charge in [-0.25, -0.2) is 0 Å². The fraction of sp³-hybridized carbons (Fsp3) is 0.350. The summed E-state index contributed by atoms with van der Waals surface area (Å²) in [6.45, 7) is 4.02. The Hall–Kier alpha value is -2.35. The Kier molecular flexibility index (Phi) is 4.93. The van der Waals surface area contributed by atoms with E-state index in [1.54, 1.807) is 36.4 Å². The topological polar surface area (TPSA) is 93.5 Å². The Morgan fingerprint density at radius 1 is 1.24 bits per heavy atom. The van der Waals surface area contributed by atoms with Crippen molar-refractivity contribution >= 4 is 34.8 Å². The van der Waals surface area contributed by atoms with Crippen LogP contribution in [-0.4, -0.2) is 29.5 Å². The van der Waals surface area contributed by atoms with Gasteiger partial charge in [0.15, 0.2) is 11.3 Å². The van der Waals surface area contributed by atoms with E-state index in [0.717, 1.165) is 0 Å². The highest BCUT2D eigenvalue weighted by Crippen LogP contribution is 2.50. The summed E-state index contributed by atoms with van der Waals surface area (Å²) in [6, 6.07) is 8.67. The van der Waals surface area contributed by atoms with E-state index < -0.39 is 23.4 Å². The summed E-state index contributed by atoms with van der Waals surface area (Å²) in [7, 11) is 0. The first-order chi connectivity index (χ1) is 13.8. The molecule has 4 rings (SSSR count). The zero-order chi connectivity index (χ0) is 20.9. The van der Waals surface area contributed by atoms with Crippen molar-refractivity contribution in [3.63, 3.8) is 0 Å². The molecule has 0 radical (unpaired) electrons. The molecule has 4 atom stereocenters. The molecule has 1 spiro atoms. The lowest BCUT2D eigenvalue weighted by molar-refractivity contribution is -0.532. The molecule has 2 aromatic carbocycles. The molecule has 7 nitrogen and oxygen atoms in total. The fourth-order valence-corrected chi connectivity index (χ4v) is 5.22. The predicted octanol–water partition coefficient (Wildman–Crippen LogP) is 3.96. The number of rotatable bonds is 4. The second-order valence-electron chi connectivity index (χ2n) is 7.24. The summed E-state index contributed by atoms with van der Waals surface area (Å²) in [5.41, 5.74) is 0.262. The van der Waals surface area contributed by atoms with Gasteiger partial charge in [-0.15, -0.1) is 0 Å². The van der Waals surface area contributed by atoms with Crippen molar-refractivity contribution in [1.29, 1.82) is 0 Å². The van der Waals surface area contributed by atoms with Crippen LogP contribution < -0.4 is 15.4 Å². The Morgan fingerprint density at radius 3 is 2.52 bits per heavy atom. The number of anilines is 1. The number of nitrogens with zero attached hydrogens (tertiary/aromatic N) is 1. The summed E-state index contributed by atoms with van der Waals surface area (Å²) in [5.74, 6) is -0.722. The van der Waals surface area contributed by atoms with E-state index in [4.69, 9.17) is 27.9 Å². The maximum atomic E-state index is 13.0. The number of halogens is 2. The van der Waals surface area contributed by atoms with E-state index in [9.17, 15) is 14.9 Å². The van der Waals surface area contributed by atoms with Gasteiger partial charge in [-0.1, -0.05) is 41.4 Å². The molecule has 1 amide bonds. The number of carbonyl (C=O) groups is 1. The predicted molar refractivity (Wildman–Crippen MR) is 111 cm³/mol. The van der Waals surface area contributed by atoms with Crippen LogP contribution in [0.25, 0.3) is 0 Å². The highest BCUT2D eigenvalue weighted by Gasteiger charge is 2.67. The third-order valence-corrected chi connectivity index (χ3v) is 6.22. The molecule has 152 valence electrons. The van der Waals surface area contributed by atoms with Crippen LogP contribution in [0.15, 0.2) is 36.4 Å². The first-order valence-corrected chi connectivity index (χ1v) is 10.0. The molecule has 0 aromatic heterocycles. The van der Waals surface area contributed by atoms with E-state index in [1.165, 1.54) is 0 Å². The lowest BCUT2D eigenvalue weighted by Gasteiger charge is -2.25. The van der Waals surface area contributed by atoms with Crippen LogP contribution in [0.3, 0.4) is 0 Å². The SMILES string of the molecule is CCOc1c(Cl)cc([C@@H]2[C@H](C)N[C@@]3(C(=O)Nc4ccccc43)[C@H]2[N+](=O)[O-])cc1Cl. The van der Waals surface area contributed by atoms with Crippen molar-refractivity contribution in [2.45, 2.75) is 37.4 Å². The van der Waals surface area contributed by atoms with Crippen LogP contribution in [0, 0.1) is 10.1 Å². The molecule has 29 heavy (non-hydrogen) atoms. The van der Waals surface area contributed by atoms with Crippen molar-refractivity contribution in [1.82, 2.24) is 5.32 Å². The maximum absolute atomic E-state index is 13.0. The number of nitro groups is 1. The van der Waals surface area contributed by atoms with Gasteiger partial charge >= 0.3 is 0 Å². The molecule has 2 aromatic rings. The third-order valence-electron chi connectivity index (χ3n) is 5.66. The van der Waals surface area contributed by atoms with Crippen molar-refractivity contribution < 1.29 is 14.5 Å². The molecule has 2 aliphatic rings. The van der Waals surface area contributed by atoms with E-state index in [1.807, 2.05) is 13.8 Å². The molecule has 0 saturated carbocycles. The largest absolute Gasteiger partial charge is 0.491 e. The average molecular weight is 436 g/mol. The van der Waals surface area contributed by atoms with Crippen molar-refractivity contribution in [3.8, 4) is 5.75 Å². The van der Waals surface area contributed by atoms with Crippen molar-refractivity contribution in [2.24, 2.45) is 0 Å². The molecule has 0 unspecified atom stereocenters. The highest BCUT2D eigenvalue weighted by molar-refractivity contribution is 6.37. The number of amides is 1. The van der Waals surface area contributed by atoms with Crippen LogP contribution >= 0.6 is 23.2 Å². The Morgan fingerprint density at radius 2 is 1.90 bits per heavy atom. The molecular formula is C20H19Cl2N3O4.